The van der Waals surface area contributed by atoms with E-state index in [1.807, 2.05) is 0 Å². The molecule has 3 fully saturated rings. The van der Waals surface area contributed by atoms with Gasteiger partial charge in [0.05, 0.1) is 16.6 Å². The van der Waals surface area contributed by atoms with E-state index in [1.54, 1.807) is 11.3 Å². The van der Waals surface area contributed by atoms with Crippen molar-refractivity contribution in [3.8, 4) is 0 Å². The topological polar surface area (TPSA) is 49.8 Å². The molecular formula is C17H20N4OS. The maximum atomic E-state index is 5.95. The van der Waals surface area contributed by atoms with Crippen molar-refractivity contribution in [1.82, 2.24) is 9.88 Å². The number of piperidine rings is 3. The molecule has 0 aliphatic carbocycles. The number of aryl methyl sites for hydroxylation is 1. The summed E-state index contributed by atoms with van der Waals surface area (Å²) in [6.45, 7) is 5.55. The average molecular weight is 328 g/mol. The number of aromatic nitrogens is 1. The Morgan fingerprint density at radius 3 is 3.00 bits per heavy atom. The van der Waals surface area contributed by atoms with E-state index < -0.39 is 0 Å². The second-order valence-electron chi connectivity index (χ2n) is 7.04. The van der Waals surface area contributed by atoms with Crippen molar-refractivity contribution in [2.24, 2.45) is 11.1 Å². The van der Waals surface area contributed by atoms with Crippen molar-refractivity contribution in [3.05, 3.63) is 23.8 Å². The summed E-state index contributed by atoms with van der Waals surface area (Å²) in [6.07, 6.45) is 3.36. The molecule has 4 aliphatic rings. The van der Waals surface area contributed by atoms with Crippen LogP contribution in [-0.4, -0.2) is 41.0 Å². The van der Waals surface area contributed by atoms with E-state index >= 15 is 0 Å². The molecule has 6 heteroatoms. The number of hydrogen-bond acceptors (Lipinski definition) is 6. The van der Waals surface area contributed by atoms with Gasteiger partial charge in [-0.3, -0.25) is 4.90 Å². The van der Waals surface area contributed by atoms with Crippen molar-refractivity contribution < 1.29 is 4.84 Å². The predicted molar refractivity (Wildman–Crippen MR) is 93.0 cm³/mol. The number of thiazole rings is 1. The van der Waals surface area contributed by atoms with E-state index in [-0.39, 0.29) is 5.60 Å². The van der Waals surface area contributed by atoms with Crippen LogP contribution in [0.3, 0.4) is 0 Å². The fraction of sp³-hybridized carbons (Fsp3) is 0.529. The van der Waals surface area contributed by atoms with E-state index in [1.165, 1.54) is 36.2 Å². The summed E-state index contributed by atoms with van der Waals surface area (Å²) in [5, 5.41) is 8.66. The molecular weight excluding hydrogens is 308 g/mol. The summed E-state index contributed by atoms with van der Waals surface area (Å²) in [7, 11) is 0. The summed E-state index contributed by atoms with van der Waals surface area (Å²) in [4.78, 5) is 13.1. The number of hydrogen-bond donors (Lipinski definition) is 1. The quantitative estimate of drug-likeness (QED) is 0.873. The smallest absolute Gasteiger partial charge is 0.189 e. The molecule has 0 amide bonds. The molecule has 1 N–H and O–H groups in total. The average Bonchev–Trinajstić information content (AvgIpc) is 3.12. The van der Waals surface area contributed by atoms with Gasteiger partial charge in [-0.2, -0.15) is 0 Å². The van der Waals surface area contributed by atoms with E-state index in [0.717, 1.165) is 29.4 Å². The van der Waals surface area contributed by atoms with Crippen molar-refractivity contribution in [1.29, 1.82) is 0 Å². The number of anilines is 1. The fourth-order valence-electron chi connectivity index (χ4n) is 4.20. The number of rotatable bonds is 1. The largest absolute Gasteiger partial charge is 0.386 e. The zero-order chi connectivity index (χ0) is 15.4. The Labute approximate surface area is 139 Å². The lowest BCUT2D eigenvalue weighted by Gasteiger charge is -2.49. The molecule has 120 valence electrons. The third-order valence-corrected chi connectivity index (χ3v) is 6.37. The highest BCUT2D eigenvalue weighted by atomic mass is 32.1. The molecule has 5 heterocycles. The van der Waals surface area contributed by atoms with E-state index in [4.69, 9.17) is 4.84 Å². The second kappa shape index (κ2) is 4.92. The maximum absolute atomic E-state index is 5.95. The first-order valence-corrected chi connectivity index (χ1v) is 9.13. The first kappa shape index (κ1) is 13.7. The van der Waals surface area contributed by atoms with Gasteiger partial charge in [-0.15, -0.1) is 0 Å². The van der Waals surface area contributed by atoms with E-state index in [9.17, 15) is 0 Å². The SMILES string of the molecule is Cc1ccc2sc(NC3=NOC4(C3)CN3CCC4CC3)nc2c1. The van der Waals surface area contributed by atoms with Gasteiger partial charge < -0.3 is 10.2 Å². The molecule has 1 spiro atoms. The highest BCUT2D eigenvalue weighted by molar-refractivity contribution is 7.22. The highest BCUT2D eigenvalue weighted by Gasteiger charge is 2.52. The Morgan fingerprint density at radius 2 is 2.22 bits per heavy atom. The number of fused-ring (bicyclic) bond motifs is 3. The van der Waals surface area contributed by atoms with Gasteiger partial charge in [0.2, 0.25) is 0 Å². The minimum Gasteiger partial charge on any atom is -0.386 e. The standard InChI is InChI=1S/C17H20N4OS/c1-11-2-3-14-13(8-11)18-16(23-14)19-15-9-17(22-20-15)10-21-6-4-12(17)5-7-21/h2-3,8,12H,4-7,9-10H2,1H3,(H,18,19,20). The Balaban J connectivity index is 1.35. The van der Waals surface area contributed by atoms with Crippen molar-refractivity contribution >= 4 is 32.5 Å². The van der Waals surface area contributed by atoms with Gasteiger partial charge in [0.15, 0.2) is 16.6 Å². The van der Waals surface area contributed by atoms with Crippen LogP contribution < -0.4 is 5.32 Å². The van der Waals surface area contributed by atoms with Crippen LogP contribution in [0.5, 0.6) is 0 Å². The zero-order valence-corrected chi connectivity index (χ0v) is 14.0. The minimum atomic E-state index is -0.0912. The summed E-state index contributed by atoms with van der Waals surface area (Å²) < 4.78 is 1.20. The molecule has 1 unspecified atom stereocenters. The molecule has 1 aromatic heterocycles. The minimum absolute atomic E-state index is 0.0912. The Morgan fingerprint density at radius 1 is 1.35 bits per heavy atom. The molecule has 0 radical (unpaired) electrons. The van der Waals surface area contributed by atoms with Crippen LogP contribution in [0.25, 0.3) is 10.2 Å². The van der Waals surface area contributed by atoms with Crippen molar-refractivity contribution in [2.75, 3.05) is 25.0 Å². The third kappa shape index (κ3) is 2.23. The van der Waals surface area contributed by atoms with Gasteiger partial charge in [-0.1, -0.05) is 22.6 Å². The van der Waals surface area contributed by atoms with E-state index in [0.29, 0.717) is 5.92 Å². The number of benzene rings is 1. The first-order chi connectivity index (χ1) is 11.2. The van der Waals surface area contributed by atoms with Gasteiger partial charge in [-0.05, 0) is 50.6 Å². The Hall–Kier alpha value is -1.66. The lowest BCUT2D eigenvalue weighted by atomic mass is 9.73. The molecule has 2 aromatic rings. The lowest BCUT2D eigenvalue weighted by molar-refractivity contribution is -0.136. The molecule has 0 saturated carbocycles. The van der Waals surface area contributed by atoms with Crippen LogP contribution in [0.1, 0.15) is 24.8 Å². The third-order valence-electron chi connectivity index (χ3n) is 5.42. The predicted octanol–water partition coefficient (Wildman–Crippen LogP) is 3.21. The summed E-state index contributed by atoms with van der Waals surface area (Å²) in [6, 6.07) is 6.39. The van der Waals surface area contributed by atoms with Crippen LogP contribution in [0.4, 0.5) is 5.13 Å². The van der Waals surface area contributed by atoms with Gasteiger partial charge in [-0.25, -0.2) is 4.98 Å². The molecule has 2 bridgehead atoms. The molecule has 1 aromatic carbocycles. The van der Waals surface area contributed by atoms with Crippen LogP contribution in [0, 0.1) is 12.8 Å². The number of nitrogens with zero attached hydrogens (tertiary/aromatic N) is 3. The monoisotopic (exact) mass is 328 g/mol. The van der Waals surface area contributed by atoms with Crippen LogP contribution >= 0.6 is 11.3 Å². The number of nitrogens with one attached hydrogen (secondary N) is 1. The fourth-order valence-corrected chi connectivity index (χ4v) is 5.07. The summed E-state index contributed by atoms with van der Waals surface area (Å²) in [5.41, 5.74) is 2.20. The normalized spacial score (nSPS) is 32.3. The molecule has 4 aliphatic heterocycles. The summed E-state index contributed by atoms with van der Waals surface area (Å²) >= 11 is 1.67. The second-order valence-corrected chi connectivity index (χ2v) is 8.07. The zero-order valence-electron chi connectivity index (χ0n) is 13.2. The van der Waals surface area contributed by atoms with E-state index in [2.05, 4.69) is 45.5 Å². The van der Waals surface area contributed by atoms with Crippen molar-refractivity contribution in [2.45, 2.75) is 31.8 Å². The van der Waals surface area contributed by atoms with Crippen LogP contribution in [0.15, 0.2) is 23.4 Å². The van der Waals surface area contributed by atoms with Gasteiger partial charge in [0.1, 0.15) is 0 Å². The van der Waals surface area contributed by atoms with Gasteiger partial charge >= 0.3 is 0 Å². The molecule has 5 nitrogen and oxygen atoms in total. The first-order valence-electron chi connectivity index (χ1n) is 8.32. The van der Waals surface area contributed by atoms with Crippen LogP contribution in [0.2, 0.25) is 0 Å². The summed E-state index contributed by atoms with van der Waals surface area (Å²) in [5.74, 6) is 1.57. The maximum Gasteiger partial charge on any atom is 0.189 e. The highest BCUT2D eigenvalue weighted by Crippen LogP contribution is 2.43. The Kier molecular flexibility index (Phi) is 2.94. The lowest BCUT2D eigenvalue weighted by Crippen LogP contribution is -2.59. The number of amidine groups is 1. The molecule has 3 saturated heterocycles. The van der Waals surface area contributed by atoms with Gasteiger partial charge in [0, 0.05) is 12.5 Å². The van der Waals surface area contributed by atoms with Crippen molar-refractivity contribution in [3.63, 3.8) is 0 Å². The molecule has 23 heavy (non-hydrogen) atoms. The molecule has 1 atom stereocenters. The Bertz CT molecular complexity index is 793. The van der Waals surface area contributed by atoms with Gasteiger partial charge in [0.25, 0.3) is 0 Å². The number of oxime groups is 1. The molecule has 6 rings (SSSR count). The van der Waals surface area contributed by atoms with Crippen LogP contribution in [-0.2, 0) is 4.84 Å².